The van der Waals surface area contributed by atoms with E-state index < -0.39 is 5.82 Å². The van der Waals surface area contributed by atoms with Gasteiger partial charge in [-0.15, -0.1) is 0 Å². The maximum atomic E-state index is 15.7. The predicted octanol–water partition coefficient (Wildman–Crippen LogP) is 4.75. The molecule has 7 rings (SSSR count). The van der Waals surface area contributed by atoms with Gasteiger partial charge in [-0.05, 0) is 43.2 Å². The minimum Gasteiger partial charge on any atom is -0.481 e. The molecule has 0 unspecified atom stereocenters. The molecule has 3 aromatic heterocycles. The molecule has 2 amide bonds. The topological polar surface area (TPSA) is 133 Å². The van der Waals surface area contributed by atoms with Gasteiger partial charge in [0.05, 0.1) is 23.5 Å². The Balaban J connectivity index is 1.07. The number of hydrogen-bond donors (Lipinski definition) is 4. The lowest BCUT2D eigenvalue weighted by Gasteiger charge is -2.47. The smallest absolute Gasteiger partial charge is 0.220 e. The van der Waals surface area contributed by atoms with Crippen LogP contribution >= 0.6 is 11.6 Å². The first-order chi connectivity index (χ1) is 23.7. The van der Waals surface area contributed by atoms with E-state index in [0.29, 0.717) is 78.1 Å². The van der Waals surface area contributed by atoms with Gasteiger partial charge >= 0.3 is 0 Å². The van der Waals surface area contributed by atoms with E-state index in [9.17, 15) is 9.59 Å². The van der Waals surface area contributed by atoms with Gasteiger partial charge in [-0.25, -0.2) is 14.4 Å². The zero-order valence-corrected chi connectivity index (χ0v) is 28.2. The number of halogens is 2. The Morgan fingerprint density at radius 1 is 1.06 bits per heavy atom. The third kappa shape index (κ3) is 6.81. The molecule has 0 bridgehead atoms. The lowest BCUT2D eigenvalue weighted by Crippen LogP contribution is -2.56. The number of aromatic nitrogens is 3. The second kappa shape index (κ2) is 13.7. The summed E-state index contributed by atoms with van der Waals surface area (Å²) in [7, 11) is 1.58. The van der Waals surface area contributed by atoms with Gasteiger partial charge in [0.2, 0.25) is 17.7 Å². The summed E-state index contributed by atoms with van der Waals surface area (Å²) in [4.78, 5) is 39.0. The van der Waals surface area contributed by atoms with E-state index in [-0.39, 0.29) is 29.1 Å². The normalized spacial score (nSPS) is 18.3. The van der Waals surface area contributed by atoms with Crippen LogP contribution in [0.25, 0.3) is 22.5 Å². The van der Waals surface area contributed by atoms with Crippen LogP contribution in [0, 0.1) is 18.2 Å². The standard InChI is InChI=1S/C36H38ClFN8O3/c1-21-25(4-3-5-27(21)44-34-32(38)23(10-12-41-34)17-46-19-36(20-46)14-30(48)42-18-36)33-31(37)26(11-13-40-33)28-8-6-22(35(45-28)49-2)15-39-16-24-7-9-29(47)43-24/h3-6,8,10-13,24,39H,7,9,14-20H2,1-2H3,(H,41,44)(H,42,48)(H,43,47)/t24-/m1/s1. The SMILES string of the molecule is COc1nc(-c2ccnc(-c3cccc(Nc4nccc(CN5CC6(CNC(=O)C6)C5)c4F)c3C)c2Cl)ccc1CNC[C@H]1CCC(=O)N1. The van der Waals surface area contributed by atoms with Gasteiger partial charge in [0.25, 0.3) is 0 Å². The highest BCUT2D eigenvalue weighted by atomic mass is 35.5. The molecule has 1 atom stereocenters. The molecule has 3 aliphatic rings. The number of benzene rings is 1. The first-order valence-electron chi connectivity index (χ1n) is 16.4. The lowest BCUT2D eigenvalue weighted by molar-refractivity contribution is -0.121. The molecule has 4 N–H and O–H groups in total. The van der Waals surface area contributed by atoms with Crippen LogP contribution in [0.1, 0.15) is 36.0 Å². The second-order valence-electron chi connectivity index (χ2n) is 13.2. The first-order valence-corrected chi connectivity index (χ1v) is 16.8. The van der Waals surface area contributed by atoms with Gasteiger partial charge in [-0.3, -0.25) is 19.5 Å². The summed E-state index contributed by atoms with van der Waals surface area (Å²) in [5.41, 5.74) is 5.60. The molecule has 13 heteroatoms. The molecule has 1 aromatic carbocycles. The Labute approximate surface area is 289 Å². The molecule has 0 saturated carbocycles. The van der Waals surface area contributed by atoms with Crippen molar-refractivity contribution in [2.45, 2.75) is 45.3 Å². The molecule has 0 radical (unpaired) electrons. The number of hydrogen-bond acceptors (Lipinski definition) is 9. The van der Waals surface area contributed by atoms with Crippen LogP contribution < -0.4 is 26.0 Å². The Hall–Kier alpha value is -4.65. The fourth-order valence-electron chi connectivity index (χ4n) is 7.05. The third-order valence-electron chi connectivity index (χ3n) is 9.61. The second-order valence-corrected chi connectivity index (χ2v) is 13.5. The predicted molar refractivity (Wildman–Crippen MR) is 185 cm³/mol. The fraction of sp³-hybridized carbons (Fsp3) is 0.361. The van der Waals surface area contributed by atoms with Crippen molar-refractivity contribution in [3.05, 3.63) is 82.4 Å². The fourth-order valence-corrected chi connectivity index (χ4v) is 7.36. The number of nitrogens with one attached hydrogen (secondary N) is 4. The van der Waals surface area contributed by atoms with Gasteiger partial charge in [0, 0.05) is 104 Å². The number of carbonyl (C=O) groups excluding carboxylic acids is 2. The summed E-state index contributed by atoms with van der Waals surface area (Å²) in [6, 6.07) is 13.2. The van der Waals surface area contributed by atoms with Crippen molar-refractivity contribution in [2.24, 2.45) is 5.41 Å². The summed E-state index contributed by atoms with van der Waals surface area (Å²) in [6.45, 7) is 5.78. The summed E-state index contributed by atoms with van der Waals surface area (Å²) < 4.78 is 21.4. The number of methoxy groups -OCH3 is 1. The van der Waals surface area contributed by atoms with Crippen molar-refractivity contribution in [1.29, 1.82) is 0 Å². The molecule has 4 aromatic rings. The molecule has 3 aliphatic heterocycles. The number of rotatable bonds is 11. The summed E-state index contributed by atoms with van der Waals surface area (Å²) in [6.07, 6.45) is 5.22. The van der Waals surface area contributed by atoms with E-state index >= 15 is 4.39 Å². The molecule has 3 saturated heterocycles. The quantitative estimate of drug-likeness (QED) is 0.177. The van der Waals surface area contributed by atoms with Crippen LogP contribution in [0.5, 0.6) is 5.88 Å². The van der Waals surface area contributed by atoms with Crippen LogP contribution in [-0.2, 0) is 22.7 Å². The maximum absolute atomic E-state index is 15.7. The van der Waals surface area contributed by atoms with Crippen LogP contribution in [0.15, 0.2) is 54.9 Å². The molecule has 3 fully saturated rings. The average Bonchev–Trinajstić information content (AvgIpc) is 3.69. The van der Waals surface area contributed by atoms with Crippen LogP contribution in [0.3, 0.4) is 0 Å². The van der Waals surface area contributed by atoms with Crippen LogP contribution in [0.4, 0.5) is 15.9 Å². The van der Waals surface area contributed by atoms with Crippen molar-refractivity contribution >= 4 is 34.9 Å². The van der Waals surface area contributed by atoms with E-state index in [2.05, 4.69) is 36.1 Å². The minimum absolute atomic E-state index is 0.0222. The highest BCUT2D eigenvalue weighted by molar-refractivity contribution is 6.35. The van der Waals surface area contributed by atoms with Crippen molar-refractivity contribution in [3.63, 3.8) is 0 Å². The number of pyridine rings is 3. The Morgan fingerprint density at radius 3 is 2.65 bits per heavy atom. The van der Waals surface area contributed by atoms with E-state index in [1.54, 1.807) is 25.6 Å². The Morgan fingerprint density at radius 2 is 1.90 bits per heavy atom. The summed E-state index contributed by atoms with van der Waals surface area (Å²) >= 11 is 7.02. The minimum atomic E-state index is -0.406. The van der Waals surface area contributed by atoms with Crippen molar-refractivity contribution in [3.8, 4) is 28.4 Å². The number of nitrogens with zero attached hydrogens (tertiary/aromatic N) is 4. The highest BCUT2D eigenvalue weighted by Gasteiger charge is 2.48. The molecule has 11 nitrogen and oxygen atoms in total. The van der Waals surface area contributed by atoms with Gasteiger partial charge in [0.15, 0.2) is 11.6 Å². The van der Waals surface area contributed by atoms with E-state index in [1.807, 2.05) is 43.3 Å². The van der Waals surface area contributed by atoms with Gasteiger partial charge in [-0.1, -0.05) is 29.8 Å². The third-order valence-corrected chi connectivity index (χ3v) is 9.99. The number of anilines is 2. The van der Waals surface area contributed by atoms with Crippen molar-refractivity contribution < 1.29 is 18.7 Å². The number of ether oxygens (including phenoxy) is 1. The maximum Gasteiger partial charge on any atom is 0.220 e. The van der Waals surface area contributed by atoms with Gasteiger partial charge in [0.1, 0.15) is 0 Å². The molecule has 6 heterocycles. The zero-order valence-electron chi connectivity index (χ0n) is 27.4. The average molecular weight is 685 g/mol. The molecule has 1 spiro atoms. The Kier molecular flexibility index (Phi) is 9.19. The highest BCUT2D eigenvalue weighted by Crippen LogP contribution is 2.40. The van der Waals surface area contributed by atoms with Gasteiger partial charge in [-0.2, -0.15) is 0 Å². The largest absolute Gasteiger partial charge is 0.481 e. The molecular weight excluding hydrogens is 647 g/mol. The molecule has 49 heavy (non-hydrogen) atoms. The van der Waals surface area contributed by atoms with Crippen molar-refractivity contribution in [1.82, 2.24) is 35.8 Å². The molecule has 0 aliphatic carbocycles. The van der Waals surface area contributed by atoms with Crippen LogP contribution in [-0.4, -0.2) is 71.0 Å². The number of likely N-dealkylation sites (tertiary alicyclic amines) is 1. The van der Waals surface area contributed by atoms with Crippen LogP contribution in [0.2, 0.25) is 5.02 Å². The van der Waals surface area contributed by atoms with E-state index in [1.165, 1.54) is 0 Å². The number of carbonyl (C=O) groups is 2. The monoisotopic (exact) mass is 684 g/mol. The molecule has 254 valence electrons. The molecular formula is C36H38ClFN8O3. The van der Waals surface area contributed by atoms with Crippen molar-refractivity contribution in [2.75, 3.05) is 38.6 Å². The summed E-state index contributed by atoms with van der Waals surface area (Å²) in [5, 5.41) is 12.9. The summed E-state index contributed by atoms with van der Waals surface area (Å²) in [5.74, 6) is 0.389. The lowest BCUT2D eigenvalue weighted by atomic mass is 9.79. The van der Waals surface area contributed by atoms with E-state index in [0.717, 1.165) is 36.2 Å². The Bertz CT molecular complexity index is 1920. The van der Waals surface area contributed by atoms with E-state index in [4.69, 9.17) is 21.3 Å². The zero-order chi connectivity index (χ0) is 34.1. The van der Waals surface area contributed by atoms with Gasteiger partial charge < -0.3 is 26.0 Å². The first kappa shape index (κ1) is 32.9. The number of amides is 2.